The molecule has 0 aliphatic carbocycles. The first-order chi connectivity index (χ1) is 9.22. The van der Waals surface area contributed by atoms with E-state index in [1.165, 1.54) is 0 Å². The Hall–Kier alpha value is -2.08. The summed E-state index contributed by atoms with van der Waals surface area (Å²) in [5.41, 5.74) is 1.04. The predicted octanol–water partition coefficient (Wildman–Crippen LogP) is 1.39. The molecule has 19 heavy (non-hydrogen) atoms. The molecule has 2 rings (SSSR count). The Bertz CT molecular complexity index is 499. The molecule has 0 saturated carbocycles. The maximum absolute atomic E-state index is 8.86. The van der Waals surface area contributed by atoms with E-state index in [4.69, 9.17) is 5.11 Å². The minimum Gasteiger partial charge on any atom is -0.396 e. The monoisotopic (exact) mass is 261 g/mol. The molecule has 0 bridgehead atoms. The van der Waals surface area contributed by atoms with Gasteiger partial charge in [0.1, 0.15) is 18.0 Å². The summed E-state index contributed by atoms with van der Waals surface area (Å²) >= 11 is 0. The van der Waals surface area contributed by atoms with Gasteiger partial charge in [-0.1, -0.05) is 0 Å². The zero-order valence-corrected chi connectivity index (χ0v) is 11.2. The molecule has 2 aromatic rings. The van der Waals surface area contributed by atoms with Gasteiger partial charge in [0.25, 0.3) is 0 Å². The van der Waals surface area contributed by atoms with Crippen LogP contribution in [0.25, 0.3) is 0 Å². The summed E-state index contributed by atoms with van der Waals surface area (Å²) < 4.78 is 0. The quantitative estimate of drug-likeness (QED) is 0.822. The van der Waals surface area contributed by atoms with Gasteiger partial charge in [0.15, 0.2) is 0 Å². The Morgan fingerprint density at radius 2 is 2.05 bits per heavy atom. The lowest BCUT2D eigenvalue weighted by Gasteiger charge is -2.21. The molecule has 0 spiro atoms. The summed E-state index contributed by atoms with van der Waals surface area (Å²) in [7, 11) is 3.92. The van der Waals surface area contributed by atoms with Crippen LogP contribution < -0.4 is 9.80 Å². The normalized spacial score (nSPS) is 10.5. The molecule has 0 aliphatic heterocycles. The van der Waals surface area contributed by atoms with Crippen molar-refractivity contribution in [1.82, 2.24) is 15.0 Å². The van der Waals surface area contributed by atoms with Gasteiger partial charge in [-0.05, 0) is 12.5 Å². The average Bonchev–Trinajstić information content (AvgIpc) is 2.98. The number of aliphatic hydroxyl groups is 1. The molecular weight excluding hydrogens is 242 g/mol. The molecule has 0 amide bonds. The van der Waals surface area contributed by atoms with Gasteiger partial charge < -0.3 is 19.9 Å². The Morgan fingerprint density at radius 1 is 1.26 bits per heavy atom. The predicted molar refractivity (Wildman–Crippen MR) is 75.9 cm³/mol. The van der Waals surface area contributed by atoms with Gasteiger partial charge in [0, 0.05) is 45.7 Å². The van der Waals surface area contributed by atoms with Crippen LogP contribution in [-0.4, -0.2) is 47.3 Å². The van der Waals surface area contributed by atoms with E-state index in [1.54, 1.807) is 6.33 Å². The van der Waals surface area contributed by atoms with Gasteiger partial charge in [-0.15, -0.1) is 0 Å². The smallest absolute Gasteiger partial charge is 0.138 e. The second kappa shape index (κ2) is 6.19. The molecule has 0 aliphatic rings. The van der Waals surface area contributed by atoms with Crippen LogP contribution in [0.5, 0.6) is 0 Å². The molecule has 0 aromatic carbocycles. The molecule has 0 unspecified atom stereocenters. The Balaban J connectivity index is 2.15. The minimum atomic E-state index is 0.186. The minimum absolute atomic E-state index is 0.186. The summed E-state index contributed by atoms with van der Waals surface area (Å²) in [6, 6.07) is 3.92. The maximum Gasteiger partial charge on any atom is 0.138 e. The van der Waals surface area contributed by atoms with Crippen LogP contribution >= 0.6 is 0 Å². The molecular formula is C13H19N5O. The number of anilines is 3. The van der Waals surface area contributed by atoms with E-state index < -0.39 is 0 Å². The summed E-state index contributed by atoms with van der Waals surface area (Å²) in [6.07, 6.45) is 6.07. The van der Waals surface area contributed by atoms with Gasteiger partial charge in [-0.2, -0.15) is 0 Å². The lowest BCUT2D eigenvalue weighted by Crippen LogP contribution is -2.21. The third kappa shape index (κ3) is 3.23. The van der Waals surface area contributed by atoms with Crippen LogP contribution in [0.4, 0.5) is 17.3 Å². The largest absolute Gasteiger partial charge is 0.396 e. The molecule has 0 radical (unpaired) electrons. The van der Waals surface area contributed by atoms with Crippen LogP contribution in [-0.2, 0) is 0 Å². The van der Waals surface area contributed by atoms with E-state index in [1.807, 2.05) is 48.4 Å². The first kappa shape index (κ1) is 13.4. The second-order valence-corrected chi connectivity index (χ2v) is 4.36. The van der Waals surface area contributed by atoms with Crippen molar-refractivity contribution in [1.29, 1.82) is 0 Å². The highest BCUT2D eigenvalue weighted by molar-refractivity contribution is 5.60. The summed E-state index contributed by atoms with van der Waals surface area (Å²) in [4.78, 5) is 15.6. The van der Waals surface area contributed by atoms with Crippen LogP contribution in [0, 0.1) is 0 Å². The first-order valence-corrected chi connectivity index (χ1v) is 6.23. The third-order valence-corrected chi connectivity index (χ3v) is 2.99. The zero-order chi connectivity index (χ0) is 13.7. The summed E-state index contributed by atoms with van der Waals surface area (Å²) in [6.45, 7) is 0.951. The average molecular weight is 261 g/mol. The molecule has 102 valence electrons. The van der Waals surface area contributed by atoms with Crippen molar-refractivity contribution in [3.8, 4) is 0 Å². The third-order valence-electron chi connectivity index (χ3n) is 2.99. The first-order valence-electron chi connectivity index (χ1n) is 6.23. The van der Waals surface area contributed by atoms with Crippen LogP contribution in [0.2, 0.25) is 0 Å². The number of hydrogen-bond acceptors (Lipinski definition) is 5. The van der Waals surface area contributed by atoms with E-state index in [2.05, 4.69) is 15.0 Å². The topological polar surface area (TPSA) is 68.3 Å². The van der Waals surface area contributed by atoms with E-state index >= 15 is 0 Å². The number of nitrogens with one attached hydrogen (secondary N) is 1. The summed E-state index contributed by atoms with van der Waals surface area (Å²) in [5, 5.41) is 8.86. The zero-order valence-electron chi connectivity index (χ0n) is 11.2. The maximum atomic E-state index is 8.86. The number of aliphatic hydroxyl groups excluding tert-OH is 1. The second-order valence-electron chi connectivity index (χ2n) is 4.36. The standard InChI is InChI=1S/C13H19N5O/c1-17(6-3-7-19)12-8-13(16-10-15-12)18(2)11-4-5-14-9-11/h4-5,8-10,14,19H,3,6-7H2,1-2H3. The van der Waals surface area contributed by atoms with Gasteiger partial charge >= 0.3 is 0 Å². The highest BCUT2D eigenvalue weighted by atomic mass is 16.3. The van der Waals surface area contributed by atoms with Gasteiger partial charge in [-0.25, -0.2) is 9.97 Å². The van der Waals surface area contributed by atoms with Crippen LogP contribution in [0.3, 0.4) is 0 Å². The van der Waals surface area contributed by atoms with E-state index in [0.29, 0.717) is 0 Å². The number of hydrogen-bond donors (Lipinski definition) is 2. The van der Waals surface area contributed by atoms with Gasteiger partial charge in [0.2, 0.25) is 0 Å². The number of aromatic nitrogens is 3. The van der Waals surface area contributed by atoms with Crippen LogP contribution in [0.1, 0.15) is 6.42 Å². The van der Waals surface area contributed by atoms with Crippen molar-refractivity contribution >= 4 is 17.3 Å². The van der Waals surface area contributed by atoms with E-state index in [0.717, 1.165) is 30.3 Å². The van der Waals surface area contributed by atoms with E-state index in [9.17, 15) is 0 Å². The van der Waals surface area contributed by atoms with Crippen molar-refractivity contribution in [2.75, 3.05) is 37.0 Å². The molecule has 6 heteroatoms. The Kier molecular flexibility index (Phi) is 4.35. The number of rotatable bonds is 6. The lowest BCUT2D eigenvalue weighted by molar-refractivity contribution is 0.290. The molecule has 2 heterocycles. The fraction of sp³-hybridized carbons (Fsp3) is 0.385. The van der Waals surface area contributed by atoms with Crippen molar-refractivity contribution in [2.45, 2.75) is 6.42 Å². The fourth-order valence-electron chi connectivity index (χ4n) is 1.81. The molecule has 0 saturated heterocycles. The molecule has 2 N–H and O–H groups in total. The van der Waals surface area contributed by atoms with Crippen molar-refractivity contribution in [3.63, 3.8) is 0 Å². The fourth-order valence-corrected chi connectivity index (χ4v) is 1.81. The Morgan fingerprint density at radius 3 is 2.74 bits per heavy atom. The molecule has 0 atom stereocenters. The SMILES string of the molecule is CN(CCCO)c1cc(N(C)c2cc[nH]c2)ncn1. The molecule has 2 aromatic heterocycles. The van der Waals surface area contributed by atoms with Gasteiger partial charge in [0.05, 0.1) is 5.69 Å². The number of H-pyrrole nitrogens is 1. The van der Waals surface area contributed by atoms with E-state index in [-0.39, 0.29) is 6.61 Å². The van der Waals surface area contributed by atoms with Crippen molar-refractivity contribution in [2.24, 2.45) is 0 Å². The number of nitrogens with zero attached hydrogens (tertiary/aromatic N) is 4. The Labute approximate surface area is 112 Å². The highest BCUT2D eigenvalue weighted by Gasteiger charge is 2.09. The molecule has 0 fully saturated rings. The van der Waals surface area contributed by atoms with Crippen molar-refractivity contribution < 1.29 is 5.11 Å². The van der Waals surface area contributed by atoms with Crippen LogP contribution in [0.15, 0.2) is 30.9 Å². The lowest BCUT2D eigenvalue weighted by atomic mass is 10.3. The van der Waals surface area contributed by atoms with Crippen molar-refractivity contribution in [3.05, 3.63) is 30.9 Å². The van der Waals surface area contributed by atoms with Gasteiger partial charge in [-0.3, -0.25) is 0 Å². The highest BCUT2D eigenvalue weighted by Crippen LogP contribution is 2.22. The molecule has 6 nitrogen and oxygen atoms in total. The number of aromatic amines is 1. The summed E-state index contributed by atoms with van der Waals surface area (Å²) in [5.74, 6) is 1.68.